The summed E-state index contributed by atoms with van der Waals surface area (Å²) in [5, 5.41) is 13.8. The van der Waals surface area contributed by atoms with Crippen LogP contribution in [0.3, 0.4) is 0 Å². The number of nitro benzene ring substituents is 1. The van der Waals surface area contributed by atoms with Gasteiger partial charge in [-0.2, -0.15) is 0 Å². The molecule has 0 aromatic heterocycles. The fourth-order valence-electron chi connectivity index (χ4n) is 3.25. The number of rotatable bonds is 6. The van der Waals surface area contributed by atoms with Crippen LogP contribution in [-0.4, -0.2) is 22.8 Å². The first-order valence-electron chi connectivity index (χ1n) is 9.95. The van der Waals surface area contributed by atoms with Crippen LogP contribution in [0.25, 0.3) is 6.08 Å². The first-order valence-corrected chi connectivity index (χ1v) is 10.3. The average Bonchev–Trinajstić information content (AvgIpc) is 2.82. The van der Waals surface area contributed by atoms with Crippen LogP contribution < -0.4 is 15.0 Å². The predicted octanol–water partition coefficient (Wildman–Crippen LogP) is 4.49. The van der Waals surface area contributed by atoms with Gasteiger partial charge in [0.05, 0.1) is 10.6 Å². The van der Waals surface area contributed by atoms with E-state index in [-0.39, 0.29) is 23.6 Å². The number of carbonyl (C=O) groups is 3. The molecule has 4 amide bonds. The number of halogens is 1. The average molecular weight is 478 g/mol. The van der Waals surface area contributed by atoms with Crippen LogP contribution in [0.1, 0.15) is 11.1 Å². The quantitative estimate of drug-likeness (QED) is 0.242. The van der Waals surface area contributed by atoms with Gasteiger partial charge in [-0.15, -0.1) is 0 Å². The zero-order chi connectivity index (χ0) is 24.2. The number of nitrogens with zero attached hydrogens (tertiary/aromatic N) is 2. The lowest BCUT2D eigenvalue weighted by molar-refractivity contribution is -0.384. The molecule has 10 heteroatoms. The van der Waals surface area contributed by atoms with Crippen molar-refractivity contribution >= 4 is 46.9 Å². The summed E-state index contributed by atoms with van der Waals surface area (Å²) in [6, 6.07) is 17.9. The Hall–Kier alpha value is -4.50. The molecule has 1 fully saturated rings. The maximum Gasteiger partial charge on any atom is 0.335 e. The van der Waals surface area contributed by atoms with E-state index in [9.17, 15) is 24.5 Å². The lowest BCUT2D eigenvalue weighted by Gasteiger charge is -2.26. The van der Waals surface area contributed by atoms with Gasteiger partial charge in [-0.25, -0.2) is 9.69 Å². The van der Waals surface area contributed by atoms with Crippen LogP contribution in [-0.2, 0) is 16.2 Å². The lowest BCUT2D eigenvalue weighted by atomic mass is 10.1. The van der Waals surface area contributed by atoms with Crippen LogP contribution in [0, 0.1) is 10.1 Å². The summed E-state index contributed by atoms with van der Waals surface area (Å²) in [5.41, 5.74) is 0.753. The summed E-state index contributed by atoms with van der Waals surface area (Å²) in [4.78, 5) is 48.9. The number of hydrogen-bond acceptors (Lipinski definition) is 6. The van der Waals surface area contributed by atoms with Gasteiger partial charge in [-0.05, 0) is 47.5 Å². The van der Waals surface area contributed by atoms with E-state index in [2.05, 4.69) is 5.32 Å². The predicted molar refractivity (Wildman–Crippen MR) is 124 cm³/mol. The Morgan fingerprint density at radius 2 is 1.74 bits per heavy atom. The summed E-state index contributed by atoms with van der Waals surface area (Å²) < 4.78 is 5.77. The number of amides is 4. The molecule has 0 radical (unpaired) electrons. The number of anilines is 1. The second-order valence-corrected chi connectivity index (χ2v) is 7.66. The van der Waals surface area contributed by atoms with Gasteiger partial charge in [-0.3, -0.25) is 25.0 Å². The van der Waals surface area contributed by atoms with E-state index in [0.29, 0.717) is 21.2 Å². The van der Waals surface area contributed by atoms with Gasteiger partial charge in [-0.1, -0.05) is 41.9 Å². The number of benzene rings is 3. The highest BCUT2D eigenvalue weighted by atomic mass is 35.5. The third kappa shape index (κ3) is 4.94. The molecular weight excluding hydrogens is 462 g/mol. The van der Waals surface area contributed by atoms with Crippen molar-refractivity contribution in [2.45, 2.75) is 6.61 Å². The number of non-ortho nitro benzene ring substituents is 1. The van der Waals surface area contributed by atoms with E-state index >= 15 is 0 Å². The normalized spacial score (nSPS) is 14.8. The Morgan fingerprint density at radius 3 is 2.47 bits per heavy atom. The highest BCUT2D eigenvalue weighted by molar-refractivity contribution is 6.39. The van der Waals surface area contributed by atoms with Crippen molar-refractivity contribution in [3.05, 3.63) is 105 Å². The van der Waals surface area contributed by atoms with Crippen LogP contribution in [0.4, 0.5) is 16.2 Å². The summed E-state index contributed by atoms with van der Waals surface area (Å²) >= 11 is 5.88. The largest absolute Gasteiger partial charge is 0.489 e. The van der Waals surface area contributed by atoms with Crippen LogP contribution in [0.2, 0.25) is 5.02 Å². The van der Waals surface area contributed by atoms with E-state index in [4.69, 9.17) is 16.3 Å². The molecule has 0 unspecified atom stereocenters. The number of ether oxygens (including phenoxy) is 1. The zero-order valence-corrected chi connectivity index (χ0v) is 18.2. The molecule has 3 aromatic rings. The molecule has 1 N–H and O–H groups in total. The van der Waals surface area contributed by atoms with Gasteiger partial charge in [0.25, 0.3) is 17.5 Å². The molecule has 1 aliphatic rings. The standard InChI is InChI=1S/C24H16ClN3O6/c25-17-9-7-15(8-10-17)14-34-20-6-1-3-16(11-20)12-21-22(29)26-24(31)27(23(21)30)18-4-2-5-19(13-18)28(32)33/h1-13H,14H2,(H,26,29,31). The van der Waals surface area contributed by atoms with Crippen LogP contribution >= 0.6 is 11.6 Å². The number of imide groups is 2. The Kier molecular flexibility index (Phi) is 6.37. The van der Waals surface area contributed by atoms with Gasteiger partial charge >= 0.3 is 6.03 Å². The molecule has 1 saturated heterocycles. The fourth-order valence-corrected chi connectivity index (χ4v) is 3.37. The van der Waals surface area contributed by atoms with E-state index in [1.54, 1.807) is 36.4 Å². The van der Waals surface area contributed by atoms with Crippen LogP contribution in [0.5, 0.6) is 5.75 Å². The smallest absolute Gasteiger partial charge is 0.335 e. The summed E-state index contributed by atoms with van der Waals surface area (Å²) in [6.07, 6.45) is 1.32. The van der Waals surface area contributed by atoms with Crippen molar-refractivity contribution in [3.8, 4) is 5.75 Å². The van der Waals surface area contributed by atoms with Crippen molar-refractivity contribution in [1.29, 1.82) is 0 Å². The minimum Gasteiger partial charge on any atom is -0.489 e. The van der Waals surface area contributed by atoms with Gasteiger partial charge < -0.3 is 4.74 Å². The topological polar surface area (TPSA) is 119 Å². The summed E-state index contributed by atoms with van der Waals surface area (Å²) in [6.45, 7) is 0.283. The molecular formula is C24H16ClN3O6. The molecule has 4 rings (SSSR count). The van der Waals surface area contributed by atoms with E-state index in [1.807, 2.05) is 12.1 Å². The highest BCUT2D eigenvalue weighted by Crippen LogP contribution is 2.26. The molecule has 9 nitrogen and oxygen atoms in total. The SMILES string of the molecule is O=C1NC(=O)N(c2cccc([N+](=O)[O-])c2)C(=O)C1=Cc1cccc(OCc2ccc(Cl)cc2)c1. The minimum absolute atomic E-state index is 0.0323. The number of urea groups is 1. The molecule has 170 valence electrons. The fraction of sp³-hybridized carbons (Fsp3) is 0.0417. The number of nitro groups is 1. The van der Waals surface area contributed by atoms with Crippen molar-refractivity contribution in [2.24, 2.45) is 0 Å². The van der Waals surface area contributed by atoms with Gasteiger partial charge in [0, 0.05) is 17.2 Å². The van der Waals surface area contributed by atoms with Gasteiger partial charge in [0.1, 0.15) is 17.9 Å². The first-order chi connectivity index (χ1) is 16.3. The molecule has 34 heavy (non-hydrogen) atoms. The number of nitrogens with one attached hydrogen (secondary N) is 1. The van der Waals surface area contributed by atoms with E-state index in [1.165, 1.54) is 24.3 Å². The maximum atomic E-state index is 13.0. The minimum atomic E-state index is -0.993. The lowest BCUT2D eigenvalue weighted by Crippen LogP contribution is -2.54. The third-order valence-corrected chi connectivity index (χ3v) is 5.14. The number of barbiturate groups is 1. The highest BCUT2D eigenvalue weighted by Gasteiger charge is 2.37. The summed E-state index contributed by atoms with van der Waals surface area (Å²) in [5.74, 6) is -1.27. The molecule has 0 bridgehead atoms. The Morgan fingerprint density at radius 1 is 1.00 bits per heavy atom. The summed E-state index contributed by atoms with van der Waals surface area (Å²) in [7, 11) is 0. The molecule has 0 atom stereocenters. The third-order valence-electron chi connectivity index (χ3n) is 4.89. The monoisotopic (exact) mass is 477 g/mol. The number of carbonyl (C=O) groups excluding carboxylic acids is 3. The molecule has 3 aromatic carbocycles. The zero-order valence-electron chi connectivity index (χ0n) is 17.4. The van der Waals surface area contributed by atoms with Crippen molar-refractivity contribution in [1.82, 2.24) is 5.32 Å². The first kappa shape index (κ1) is 22.7. The molecule has 0 saturated carbocycles. The Balaban J connectivity index is 1.58. The van der Waals surface area contributed by atoms with Gasteiger partial charge in [0.15, 0.2) is 0 Å². The number of hydrogen-bond donors (Lipinski definition) is 1. The van der Waals surface area contributed by atoms with Crippen molar-refractivity contribution in [3.63, 3.8) is 0 Å². The molecule has 0 aliphatic carbocycles. The van der Waals surface area contributed by atoms with Crippen LogP contribution in [0.15, 0.2) is 78.4 Å². The van der Waals surface area contributed by atoms with Gasteiger partial charge in [0.2, 0.25) is 0 Å². The van der Waals surface area contributed by atoms with Crippen molar-refractivity contribution < 1.29 is 24.0 Å². The molecule has 1 aliphatic heterocycles. The van der Waals surface area contributed by atoms with Crippen molar-refractivity contribution in [2.75, 3.05) is 4.90 Å². The molecule has 1 heterocycles. The maximum absolute atomic E-state index is 13.0. The Bertz CT molecular complexity index is 1340. The van der Waals surface area contributed by atoms with E-state index in [0.717, 1.165) is 11.6 Å². The Labute approximate surface area is 198 Å². The van der Waals surface area contributed by atoms with E-state index < -0.39 is 22.8 Å². The second kappa shape index (κ2) is 9.55. The second-order valence-electron chi connectivity index (χ2n) is 7.22. The molecule has 0 spiro atoms.